The summed E-state index contributed by atoms with van der Waals surface area (Å²) < 4.78 is 15.6. The van der Waals surface area contributed by atoms with Crippen LogP contribution in [0.5, 0.6) is 0 Å². The number of unbranched alkanes of at least 4 members (excludes halogenated alkanes) is 1. The van der Waals surface area contributed by atoms with Crippen LogP contribution in [0.15, 0.2) is 0 Å². The van der Waals surface area contributed by atoms with Crippen LogP contribution in [0.25, 0.3) is 0 Å². The van der Waals surface area contributed by atoms with Gasteiger partial charge in [-0.15, -0.1) is 0 Å². The first-order chi connectivity index (χ1) is 10.6. The first-order valence-electron chi connectivity index (χ1n) is 9.00. The summed E-state index contributed by atoms with van der Waals surface area (Å²) in [5, 5.41) is 0. The molecule has 0 amide bonds. The Kier molecular flexibility index (Phi) is 5.40. The Hall–Kier alpha value is -0.610. The van der Waals surface area contributed by atoms with E-state index < -0.39 is 0 Å². The standard InChI is InChI=1S/C18H30O4/c1-12-13(2)17-8-15(12)7-14(17)5-3-4-6-18(19)21-10-16-9-20-11-22-16/h12-17H,3-11H2,1-2H3. The van der Waals surface area contributed by atoms with E-state index in [9.17, 15) is 4.79 Å². The fourth-order valence-electron chi connectivity index (χ4n) is 4.83. The summed E-state index contributed by atoms with van der Waals surface area (Å²) in [6.45, 7) is 6.06. The molecule has 2 bridgehead atoms. The summed E-state index contributed by atoms with van der Waals surface area (Å²) in [6.07, 6.45) is 6.77. The smallest absolute Gasteiger partial charge is 0.305 e. The molecule has 6 unspecified atom stereocenters. The molecule has 4 heteroatoms. The van der Waals surface area contributed by atoms with Crippen LogP contribution in [-0.2, 0) is 19.0 Å². The molecule has 0 aromatic heterocycles. The van der Waals surface area contributed by atoms with Gasteiger partial charge in [0.05, 0.1) is 6.61 Å². The molecule has 0 spiro atoms. The van der Waals surface area contributed by atoms with Crippen molar-refractivity contribution in [3.8, 4) is 0 Å². The maximum absolute atomic E-state index is 11.7. The van der Waals surface area contributed by atoms with Crippen molar-refractivity contribution in [1.82, 2.24) is 0 Å². The number of carbonyl (C=O) groups is 1. The van der Waals surface area contributed by atoms with E-state index in [1.807, 2.05) is 0 Å². The van der Waals surface area contributed by atoms with Crippen molar-refractivity contribution < 1.29 is 19.0 Å². The van der Waals surface area contributed by atoms with E-state index in [1.165, 1.54) is 19.3 Å². The summed E-state index contributed by atoms with van der Waals surface area (Å²) in [5.74, 6) is 4.58. The van der Waals surface area contributed by atoms with Crippen molar-refractivity contribution in [2.45, 2.75) is 58.5 Å². The Balaban J connectivity index is 1.26. The first kappa shape index (κ1) is 16.3. The van der Waals surface area contributed by atoms with E-state index in [2.05, 4.69) is 13.8 Å². The second-order valence-corrected chi connectivity index (χ2v) is 7.58. The molecular weight excluding hydrogens is 280 g/mol. The van der Waals surface area contributed by atoms with Crippen LogP contribution in [0.2, 0.25) is 0 Å². The molecule has 0 radical (unpaired) electrons. The van der Waals surface area contributed by atoms with Gasteiger partial charge in [-0.1, -0.05) is 26.7 Å². The minimum Gasteiger partial charge on any atom is -0.463 e. The molecule has 2 saturated carbocycles. The molecule has 3 fully saturated rings. The largest absolute Gasteiger partial charge is 0.463 e. The summed E-state index contributed by atoms with van der Waals surface area (Å²) in [5.41, 5.74) is 0. The number of fused-ring (bicyclic) bond motifs is 2. The molecule has 4 nitrogen and oxygen atoms in total. The van der Waals surface area contributed by atoms with Crippen molar-refractivity contribution in [3.05, 3.63) is 0 Å². The maximum Gasteiger partial charge on any atom is 0.305 e. The molecule has 0 aromatic rings. The zero-order valence-corrected chi connectivity index (χ0v) is 14.0. The van der Waals surface area contributed by atoms with E-state index in [4.69, 9.17) is 14.2 Å². The van der Waals surface area contributed by atoms with Gasteiger partial charge < -0.3 is 14.2 Å². The van der Waals surface area contributed by atoms with Gasteiger partial charge in [0.1, 0.15) is 19.5 Å². The van der Waals surface area contributed by atoms with Crippen LogP contribution in [0.1, 0.15) is 52.4 Å². The normalized spacial score (nSPS) is 40.3. The molecule has 2 aliphatic carbocycles. The molecule has 6 atom stereocenters. The van der Waals surface area contributed by atoms with Crippen LogP contribution in [-0.4, -0.2) is 32.1 Å². The van der Waals surface area contributed by atoms with Crippen molar-refractivity contribution in [2.75, 3.05) is 20.0 Å². The third kappa shape index (κ3) is 3.65. The average molecular weight is 310 g/mol. The Labute approximate surface area is 133 Å². The van der Waals surface area contributed by atoms with Gasteiger partial charge in [-0.3, -0.25) is 4.79 Å². The Bertz CT molecular complexity index is 375. The number of hydrogen-bond donors (Lipinski definition) is 0. The van der Waals surface area contributed by atoms with Crippen LogP contribution in [0, 0.1) is 29.6 Å². The van der Waals surface area contributed by atoms with Gasteiger partial charge in [-0.25, -0.2) is 0 Å². The lowest BCUT2D eigenvalue weighted by atomic mass is 9.74. The first-order valence-corrected chi connectivity index (χ1v) is 9.00. The van der Waals surface area contributed by atoms with Crippen LogP contribution < -0.4 is 0 Å². The Morgan fingerprint density at radius 2 is 2.05 bits per heavy atom. The highest BCUT2D eigenvalue weighted by Crippen LogP contribution is 2.56. The van der Waals surface area contributed by atoms with Crippen LogP contribution in [0.3, 0.4) is 0 Å². The summed E-state index contributed by atoms with van der Waals surface area (Å²) in [7, 11) is 0. The SMILES string of the molecule is CC1C2CC(CCCCC(=O)OCC3COCO3)C(C2)C1C. The maximum atomic E-state index is 11.7. The summed E-state index contributed by atoms with van der Waals surface area (Å²) in [4.78, 5) is 11.7. The minimum absolute atomic E-state index is 0.0681. The van der Waals surface area contributed by atoms with Crippen molar-refractivity contribution >= 4 is 5.97 Å². The topological polar surface area (TPSA) is 44.8 Å². The molecule has 0 aromatic carbocycles. The molecule has 1 aliphatic heterocycles. The molecule has 22 heavy (non-hydrogen) atoms. The monoisotopic (exact) mass is 310 g/mol. The summed E-state index contributed by atoms with van der Waals surface area (Å²) in [6, 6.07) is 0. The molecule has 3 aliphatic rings. The fourth-order valence-corrected chi connectivity index (χ4v) is 4.83. The molecule has 3 rings (SSSR count). The van der Waals surface area contributed by atoms with Crippen molar-refractivity contribution in [2.24, 2.45) is 29.6 Å². The number of ether oxygens (including phenoxy) is 3. The zero-order valence-electron chi connectivity index (χ0n) is 14.0. The average Bonchev–Trinajstić information content (AvgIpc) is 3.21. The third-order valence-electron chi connectivity index (χ3n) is 6.36. The lowest BCUT2D eigenvalue weighted by Gasteiger charge is -2.31. The van der Waals surface area contributed by atoms with Crippen molar-refractivity contribution in [1.29, 1.82) is 0 Å². The van der Waals surface area contributed by atoms with E-state index in [0.29, 0.717) is 26.4 Å². The number of rotatable bonds is 7. The highest BCUT2D eigenvalue weighted by molar-refractivity contribution is 5.69. The van der Waals surface area contributed by atoms with Gasteiger partial charge in [0.15, 0.2) is 0 Å². The number of carbonyl (C=O) groups excluding carboxylic acids is 1. The van der Waals surface area contributed by atoms with Crippen LogP contribution >= 0.6 is 0 Å². The fraction of sp³-hybridized carbons (Fsp3) is 0.944. The van der Waals surface area contributed by atoms with E-state index in [0.717, 1.165) is 42.4 Å². The molecular formula is C18H30O4. The highest BCUT2D eigenvalue weighted by Gasteiger charge is 2.47. The van der Waals surface area contributed by atoms with E-state index >= 15 is 0 Å². The molecule has 1 heterocycles. The predicted octanol–water partition coefficient (Wildman–Crippen LogP) is 3.39. The van der Waals surface area contributed by atoms with Gasteiger partial charge in [0, 0.05) is 6.42 Å². The number of esters is 1. The third-order valence-corrected chi connectivity index (χ3v) is 6.36. The zero-order chi connectivity index (χ0) is 15.5. The summed E-state index contributed by atoms with van der Waals surface area (Å²) >= 11 is 0. The number of hydrogen-bond acceptors (Lipinski definition) is 4. The van der Waals surface area contributed by atoms with E-state index in [1.54, 1.807) is 0 Å². The lowest BCUT2D eigenvalue weighted by molar-refractivity contribution is -0.146. The van der Waals surface area contributed by atoms with Gasteiger partial charge in [-0.2, -0.15) is 0 Å². The minimum atomic E-state index is -0.0922. The molecule has 1 saturated heterocycles. The lowest BCUT2D eigenvalue weighted by Crippen LogP contribution is -2.24. The van der Waals surface area contributed by atoms with Gasteiger partial charge in [-0.05, 0) is 48.9 Å². The molecule has 0 N–H and O–H groups in total. The van der Waals surface area contributed by atoms with Gasteiger partial charge in [0.25, 0.3) is 0 Å². The quantitative estimate of drug-likeness (QED) is 0.534. The highest BCUT2D eigenvalue weighted by atomic mass is 16.7. The van der Waals surface area contributed by atoms with Crippen molar-refractivity contribution in [3.63, 3.8) is 0 Å². The van der Waals surface area contributed by atoms with E-state index in [-0.39, 0.29) is 12.1 Å². The Morgan fingerprint density at radius 3 is 2.73 bits per heavy atom. The second-order valence-electron chi connectivity index (χ2n) is 7.58. The van der Waals surface area contributed by atoms with Gasteiger partial charge >= 0.3 is 5.97 Å². The second kappa shape index (κ2) is 7.31. The molecule has 126 valence electrons. The van der Waals surface area contributed by atoms with Crippen LogP contribution in [0.4, 0.5) is 0 Å². The van der Waals surface area contributed by atoms with Gasteiger partial charge in [0.2, 0.25) is 0 Å². The predicted molar refractivity (Wildman–Crippen MR) is 83.2 cm³/mol. The Morgan fingerprint density at radius 1 is 1.18 bits per heavy atom.